The SMILES string of the molecule is CC(C)=C1CCC(C)C(COc2ccc3ccc(=O)oc3c2)C1(C)CCC(=O)OCC1OC(OC2(CO)OC(CO)C(O)C2O)C(O)C(O)C1O. The molecule has 1 aromatic heterocycles. The average Bonchev–Trinajstić information content (AvgIpc) is 3.34. The molecule has 3 fully saturated rings. The number of benzene rings is 1. The third-order valence-electron chi connectivity index (χ3n) is 10.8. The second-order valence-corrected chi connectivity index (χ2v) is 14.3. The van der Waals surface area contributed by atoms with Crippen LogP contribution < -0.4 is 10.4 Å². The Morgan fingerprint density at radius 2 is 1.69 bits per heavy atom. The molecule has 51 heavy (non-hydrogen) atoms. The summed E-state index contributed by atoms with van der Waals surface area (Å²) in [4.78, 5) is 24.9. The largest absolute Gasteiger partial charge is 0.493 e. The van der Waals surface area contributed by atoms with E-state index in [1.165, 1.54) is 11.6 Å². The van der Waals surface area contributed by atoms with Crippen molar-refractivity contribution in [2.45, 2.75) is 108 Å². The molecule has 5 rings (SSSR count). The lowest BCUT2D eigenvalue weighted by molar-refractivity contribution is -0.383. The van der Waals surface area contributed by atoms with E-state index in [-0.39, 0.29) is 18.3 Å². The number of esters is 1. The number of ether oxygens (including phenoxy) is 5. The zero-order chi connectivity index (χ0) is 37.2. The maximum Gasteiger partial charge on any atom is 0.336 e. The van der Waals surface area contributed by atoms with Crippen molar-refractivity contribution < 1.29 is 68.6 Å². The Morgan fingerprint density at radius 1 is 0.961 bits per heavy atom. The maximum absolute atomic E-state index is 13.2. The number of allylic oxidation sites excluding steroid dienone is 2. The summed E-state index contributed by atoms with van der Waals surface area (Å²) in [5.74, 6) is -2.12. The summed E-state index contributed by atoms with van der Waals surface area (Å²) in [5.41, 5.74) is 1.91. The summed E-state index contributed by atoms with van der Waals surface area (Å²) in [5, 5.41) is 72.6. The Balaban J connectivity index is 1.24. The number of carbonyl (C=O) groups excluding carboxylic acids is 1. The van der Waals surface area contributed by atoms with Crippen LogP contribution in [0.2, 0.25) is 0 Å². The van der Waals surface area contributed by atoms with Crippen LogP contribution in [0.5, 0.6) is 5.75 Å². The third kappa shape index (κ3) is 8.03. The first-order valence-electron chi connectivity index (χ1n) is 17.3. The van der Waals surface area contributed by atoms with Gasteiger partial charge in [0.15, 0.2) is 6.29 Å². The Hall–Kier alpha value is -2.96. The van der Waals surface area contributed by atoms with Crippen molar-refractivity contribution in [1.82, 2.24) is 0 Å². The van der Waals surface area contributed by atoms with Crippen LogP contribution in [0.4, 0.5) is 0 Å². The lowest BCUT2D eigenvalue weighted by Gasteiger charge is -2.48. The molecule has 3 aliphatic rings. The van der Waals surface area contributed by atoms with Crippen LogP contribution in [0.1, 0.15) is 53.4 Å². The molecule has 0 radical (unpaired) electrons. The molecule has 12 atom stereocenters. The molecule has 15 heteroatoms. The number of hydrogen-bond acceptors (Lipinski definition) is 15. The van der Waals surface area contributed by atoms with E-state index in [4.69, 9.17) is 28.1 Å². The monoisotopic (exact) mass is 722 g/mol. The number of fused-ring (bicyclic) bond motifs is 1. The van der Waals surface area contributed by atoms with Gasteiger partial charge in [-0.25, -0.2) is 4.79 Å². The van der Waals surface area contributed by atoms with Gasteiger partial charge in [-0.2, -0.15) is 0 Å². The number of aliphatic hydroxyl groups excluding tert-OH is 7. The van der Waals surface area contributed by atoms with Crippen LogP contribution in [-0.4, -0.2) is 123 Å². The number of hydrogen-bond donors (Lipinski definition) is 7. The molecule has 12 unspecified atom stereocenters. The van der Waals surface area contributed by atoms with Crippen LogP contribution in [0.15, 0.2) is 50.7 Å². The van der Waals surface area contributed by atoms with Gasteiger partial charge in [0, 0.05) is 29.9 Å². The molecular weight excluding hydrogens is 672 g/mol. The van der Waals surface area contributed by atoms with Crippen LogP contribution in [-0.2, 0) is 23.7 Å². The molecule has 284 valence electrons. The molecule has 2 aliphatic heterocycles. The average molecular weight is 723 g/mol. The summed E-state index contributed by atoms with van der Waals surface area (Å²) >= 11 is 0. The van der Waals surface area contributed by atoms with E-state index in [1.807, 2.05) is 26.0 Å². The topological polar surface area (TPSA) is 235 Å². The zero-order valence-electron chi connectivity index (χ0n) is 29.2. The lowest BCUT2D eigenvalue weighted by atomic mass is 9.58. The lowest BCUT2D eigenvalue weighted by Crippen LogP contribution is -2.62. The molecule has 1 aromatic carbocycles. The molecule has 1 aliphatic carbocycles. The molecule has 2 saturated heterocycles. The van der Waals surface area contributed by atoms with E-state index in [1.54, 1.807) is 12.1 Å². The van der Waals surface area contributed by atoms with Crippen molar-refractivity contribution in [3.8, 4) is 5.75 Å². The van der Waals surface area contributed by atoms with Gasteiger partial charge in [-0.1, -0.05) is 25.0 Å². The molecule has 0 amide bonds. The van der Waals surface area contributed by atoms with Gasteiger partial charge in [-0.05, 0) is 62.6 Å². The fourth-order valence-corrected chi connectivity index (χ4v) is 7.76. The molecule has 3 heterocycles. The van der Waals surface area contributed by atoms with Crippen molar-refractivity contribution in [3.63, 3.8) is 0 Å². The van der Waals surface area contributed by atoms with Crippen LogP contribution >= 0.6 is 0 Å². The Kier molecular flexibility index (Phi) is 12.3. The summed E-state index contributed by atoms with van der Waals surface area (Å²) in [7, 11) is 0. The highest BCUT2D eigenvalue weighted by molar-refractivity contribution is 5.77. The normalized spacial score (nSPS) is 37.0. The molecule has 0 spiro atoms. The van der Waals surface area contributed by atoms with Gasteiger partial charge in [0.2, 0.25) is 5.79 Å². The fraction of sp³-hybridized carbons (Fsp3) is 0.667. The van der Waals surface area contributed by atoms with Crippen molar-refractivity contribution in [2.24, 2.45) is 17.3 Å². The highest BCUT2D eigenvalue weighted by atomic mass is 16.8. The van der Waals surface area contributed by atoms with E-state index in [0.717, 1.165) is 23.8 Å². The first kappa shape index (κ1) is 39.3. The highest BCUT2D eigenvalue weighted by Crippen LogP contribution is 2.52. The molecule has 15 nitrogen and oxygen atoms in total. The minimum atomic E-state index is -2.33. The molecule has 2 aromatic rings. The van der Waals surface area contributed by atoms with Crippen molar-refractivity contribution >= 4 is 16.9 Å². The molecule has 7 N–H and O–H groups in total. The van der Waals surface area contributed by atoms with Gasteiger partial charge in [0.1, 0.15) is 67.3 Å². The van der Waals surface area contributed by atoms with Crippen molar-refractivity contribution in [1.29, 1.82) is 0 Å². The van der Waals surface area contributed by atoms with Gasteiger partial charge in [-0.3, -0.25) is 4.79 Å². The van der Waals surface area contributed by atoms with E-state index >= 15 is 0 Å². The second-order valence-electron chi connectivity index (χ2n) is 14.3. The summed E-state index contributed by atoms with van der Waals surface area (Å²) < 4.78 is 33.6. The van der Waals surface area contributed by atoms with Gasteiger partial charge in [0.05, 0.1) is 13.2 Å². The predicted octanol–water partition coefficient (Wildman–Crippen LogP) is 0.510. The van der Waals surface area contributed by atoms with E-state index < -0.39 is 91.6 Å². The van der Waals surface area contributed by atoms with Gasteiger partial charge >= 0.3 is 11.6 Å². The van der Waals surface area contributed by atoms with Crippen LogP contribution in [0, 0.1) is 17.3 Å². The first-order valence-corrected chi connectivity index (χ1v) is 17.3. The number of aliphatic hydroxyl groups is 7. The van der Waals surface area contributed by atoms with E-state index in [0.29, 0.717) is 24.4 Å². The van der Waals surface area contributed by atoms with Gasteiger partial charge in [0.25, 0.3) is 0 Å². The van der Waals surface area contributed by atoms with Gasteiger partial charge < -0.3 is 63.8 Å². The zero-order valence-corrected chi connectivity index (χ0v) is 29.2. The minimum absolute atomic E-state index is 0.000351. The molecular formula is C36H50O15. The maximum atomic E-state index is 13.2. The number of rotatable bonds is 12. The standard InChI is InChI=1S/C36H50O15/c1-18(2)22-9-5-19(3)23(15-46-21-8-6-20-7-10-28(40)48-24(20)13-21)35(22,4)12-11-27(39)47-16-26-29(41)31(43)32(44)34(49-26)51-36(17-38)33(45)30(42)25(14-37)50-36/h6-8,10,13,19,23,25-26,29-34,37-38,41-45H,5,9,11-12,14-17H2,1-4H3. The smallest absolute Gasteiger partial charge is 0.336 e. The van der Waals surface area contributed by atoms with E-state index in [2.05, 4.69) is 13.8 Å². The Labute approximate surface area is 295 Å². The molecule has 0 bridgehead atoms. The third-order valence-corrected chi connectivity index (χ3v) is 10.8. The van der Waals surface area contributed by atoms with E-state index in [9.17, 15) is 45.3 Å². The van der Waals surface area contributed by atoms with Crippen molar-refractivity contribution in [3.05, 3.63) is 51.9 Å². The highest BCUT2D eigenvalue weighted by Gasteiger charge is 2.58. The summed E-state index contributed by atoms with van der Waals surface area (Å²) in [6, 6.07) is 8.38. The van der Waals surface area contributed by atoms with Crippen LogP contribution in [0.3, 0.4) is 0 Å². The Morgan fingerprint density at radius 3 is 2.35 bits per heavy atom. The fourth-order valence-electron chi connectivity index (χ4n) is 7.76. The summed E-state index contributed by atoms with van der Waals surface area (Å²) in [6.45, 7) is 6.45. The van der Waals surface area contributed by atoms with Crippen molar-refractivity contribution in [2.75, 3.05) is 26.4 Å². The van der Waals surface area contributed by atoms with Gasteiger partial charge in [-0.15, -0.1) is 0 Å². The first-order chi connectivity index (χ1) is 24.1. The second kappa shape index (κ2) is 16.0. The molecule has 1 saturated carbocycles. The Bertz CT molecular complexity index is 1600. The minimum Gasteiger partial charge on any atom is -0.493 e. The predicted molar refractivity (Wildman–Crippen MR) is 178 cm³/mol. The number of carbonyl (C=O) groups is 1. The quantitative estimate of drug-likeness (QED) is 0.0898. The van der Waals surface area contributed by atoms with Crippen LogP contribution in [0.25, 0.3) is 11.0 Å². The summed E-state index contributed by atoms with van der Waals surface area (Å²) in [6.07, 6.45) is -11.3.